The largest absolute Gasteiger partial charge is 0.493 e. The molecule has 31 heavy (non-hydrogen) atoms. The maximum absolute atomic E-state index is 14.2. The molecule has 1 fully saturated rings. The SMILES string of the molecule is CC(Nc1cc(=NC2CC2)n2nc/c(=C\c3[nH]c(=O)[nH]c3O)c2n1)c1ccccc1F. The van der Waals surface area contributed by atoms with Crippen molar-refractivity contribution in [1.29, 1.82) is 0 Å². The van der Waals surface area contributed by atoms with Gasteiger partial charge in [-0.05, 0) is 31.9 Å². The molecule has 158 valence electrons. The molecule has 9 nitrogen and oxygen atoms in total. The highest BCUT2D eigenvalue weighted by molar-refractivity contribution is 5.58. The molecule has 3 heterocycles. The molecule has 0 saturated heterocycles. The van der Waals surface area contributed by atoms with Crippen LogP contribution < -0.4 is 21.7 Å². The van der Waals surface area contributed by atoms with Crippen molar-refractivity contribution in [2.75, 3.05) is 5.32 Å². The molecule has 0 radical (unpaired) electrons. The third kappa shape index (κ3) is 3.79. The van der Waals surface area contributed by atoms with Crippen molar-refractivity contribution in [3.63, 3.8) is 0 Å². The Kier molecular flexibility index (Phi) is 4.54. The van der Waals surface area contributed by atoms with Gasteiger partial charge in [-0.2, -0.15) is 9.61 Å². The Morgan fingerprint density at radius 2 is 2.16 bits per heavy atom. The molecular formula is C21H20FN7O2. The van der Waals surface area contributed by atoms with Crippen LogP contribution in [0.5, 0.6) is 5.88 Å². The smallest absolute Gasteiger partial charge is 0.326 e. The molecule has 10 heteroatoms. The summed E-state index contributed by atoms with van der Waals surface area (Å²) in [6, 6.07) is 8.30. The fraction of sp³-hybridized carbons (Fsp3) is 0.238. The molecule has 1 aliphatic rings. The number of nitrogens with one attached hydrogen (secondary N) is 3. The second kappa shape index (κ2) is 7.38. The molecule has 1 aliphatic carbocycles. The normalized spacial score (nSPS) is 16.2. The topological polar surface area (TPSA) is 123 Å². The average Bonchev–Trinajstić information content (AvgIpc) is 3.37. The standard InChI is InChI=1S/C21H20FN7O2/c1-11(14-4-2-3-5-15(14)22)24-17-9-18(25-13-6-7-13)29-19(27-17)12(10-23-29)8-16-20(30)28-21(31)26-16/h2-5,8-11,13,24,30H,6-7H2,1H3,(H2,26,28,31)/b12-8+,25-18?. The van der Waals surface area contributed by atoms with Crippen LogP contribution in [0.25, 0.3) is 11.7 Å². The molecule has 0 bridgehead atoms. The molecule has 1 atom stereocenters. The van der Waals surface area contributed by atoms with Gasteiger partial charge in [0.25, 0.3) is 0 Å². The second-order valence-corrected chi connectivity index (χ2v) is 7.57. The summed E-state index contributed by atoms with van der Waals surface area (Å²) in [7, 11) is 0. The van der Waals surface area contributed by atoms with E-state index in [-0.39, 0.29) is 29.5 Å². The van der Waals surface area contributed by atoms with Crippen LogP contribution in [-0.2, 0) is 0 Å². The first kappa shape index (κ1) is 19.0. The number of halogens is 1. The number of anilines is 1. The number of rotatable bonds is 5. The van der Waals surface area contributed by atoms with Gasteiger partial charge in [0.05, 0.1) is 18.3 Å². The van der Waals surface area contributed by atoms with Crippen LogP contribution in [0.3, 0.4) is 0 Å². The molecule has 4 N–H and O–H groups in total. The second-order valence-electron chi connectivity index (χ2n) is 7.57. The maximum atomic E-state index is 14.2. The first-order valence-electron chi connectivity index (χ1n) is 9.94. The van der Waals surface area contributed by atoms with E-state index in [1.54, 1.807) is 41.1 Å². The Balaban J connectivity index is 1.63. The average molecular weight is 421 g/mol. The Bertz CT molecular complexity index is 1450. The highest BCUT2D eigenvalue weighted by Gasteiger charge is 2.20. The van der Waals surface area contributed by atoms with E-state index in [1.165, 1.54) is 6.07 Å². The molecule has 0 aliphatic heterocycles. The number of aromatic amines is 2. The van der Waals surface area contributed by atoms with E-state index in [0.717, 1.165) is 12.8 Å². The lowest BCUT2D eigenvalue weighted by Crippen LogP contribution is -2.21. The van der Waals surface area contributed by atoms with E-state index in [4.69, 9.17) is 4.99 Å². The van der Waals surface area contributed by atoms with Gasteiger partial charge in [-0.3, -0.25) is 9.98 Å². The first-order valence-corrected chi connectivity index (χ1v) is 9.94. The number of hydrogen-bond acceptors (Lipinski definition) is 6. The zero-order valence-corrected chi connectivity index (χ0v) is 16.6. The van der Waals surface area contributed by atoms with E-state index in [0.29, 0.717) is 27.7 Å². The number of nitrogens with zero attached hydrogens (tertiary/aromatic N) is 4. The number of aromatic nitrogens is 5. The van der Waals surface area contributed by atoms with E-state index in [9.17, 15) is 14.3 Å². The number of fused-ring (bicyclic) bond motifs is 1. The molecule has 4 aromatic rings. The summed E-state index contributed by atoms with van der Waals surface area (Å²) < 4.78 is 15.8. The maximum Gasteiger partial charge on any atom is 0.326 e. The number of aromatic hydroxyl groups is 1. The van der Waals surface area contributed by atoms with Crippen LogP contribution in [0.2, 0.25) is 0 Å². The van der Waals surface area contributed by atoms with Crippen LogP contribution in [0, 0.1) is 5.82 Å². The van der Waals surface area contributed by atoms with Crippen LogP contribution in [0.1, 0.15) is 37.1 Å². The van der Waals surface area contributed by atoms with Gasteiger partial charge in [-0.25, -0.2) is 14.2 Å². The molecule has 1 unspecified atom stereocenters. The number of imidazole rings is 1. The van der Waals surface area contributed by atoms with Gasteiger partial charge in [-0.15, -0.1) is 0 Å². The third-order valence-electron chi connectivity index (χ3n) is 5.11. The van der Waals surface area contributed by atoms with Gasteiger partial charge in [-0.1, -0.05) is 18.2 Å². The molecule has 3 aromatic heterocycles. The first-order chi connectivity index (χ1) is 15.0. The lowest BCUT2D eigenvalue weighted by Gasteiger charge is -2.15. The Morgan fingerprint density at radius 1 is 1.35 bits per heavy atom. The summed E-state index contributed by atoms with van der Waals surface area (Å²) in [5.41, 5.74) is 1.35. The van der Waals surface area contributed by atoms with E-state index < -0.39 is 5.69 Å². The Labute approximate surface area is 175 Å². The number of benzene rings is 1. The van der Waals surface area contributed by atoms with Crippen molar-refractivity contribution >= 4 is 17.5 Å². The molecule has 1 saturated carbocycles. The molecule has 5 rings (SSSR count). The van der Waals surface area contributed by atoms with Crippen LogP contribution in [0.4, 0.5) is 10.2 Å². The van der Waals surface area contributed by atoms with Crippen molar-refractivity contribution in [2.24, 2.45) is 4.99 Å². The van der Waals surface area contributed by atoms with Crippen molar-refractivity contribution in [3.05, 3.63) is 74.8 Å². The summed E-state index contributed by atoms with van der Waals surface area (Å²) in [4.78, 5) is 25.6. The van der Waals surface area contributed by atoms with Gasteiger partial charge >= 0.3 is 5.69 Å². The third-order valence-corrected chi connectivity index (χ3v) is 5.11. The monoisotopic (exact) mass is 421 g/mol. The van der Waals surface area contributed by atoms with Gasteiger partial charge in [0.1, 0.15) is 17.3 Å². The number of hydrogen-bond donors (Lipinski definition) is 4. The molecule has 0 spiro atoms. The molecular weight excluding hydrogens is 401 g/mol. The van der Waals surface area contributed by atoms with Gasteiger partial charge in [0, 0.05) is 16.8 Å². The minimum absolute atomic E-state index is 0.223. The van der Waals surface area contributed by atoms with Crippen molar-refractivity contribution < 1.29 is 9.50 Å². The van der Waals surface area contributed by atoms with Crippen LogP contribution >= 0.6 is 0 Å². The van der Waals surface area contributed by atoms with Crippen molar-refractivity contribution in [2.45, 2.75) is 31.8 Å². The predicted octanol–water partition coefficient (Wildman–Crippen LogP) is 1.37. The molecule has 0 amide bonds. The minimum atomic E-state index is -0.515. The summed E-state index contributed by atoms with van der Waals surface area (Å²) >= 11 is 0. The summed E-state index contributed by atoms with van der Waals surface area (Å²) in [5.74, 6) is -0.0454. The highest BCUT2D eigenvalue weighted by Crippen LogP contribution is 2.23. The molecule has 1 aromatic carbocycles. The fourth-order valence-electron chi connectivity index (χ4n) is 3.40. The minimum Gasteiger partial charge on any atom is -0.493 e. The Hall–Kier alpha value is -3.95. The fourth-order valence-corrected chi connectivity index (χ4v) is 3.40. The number of H-pyrrole nitrogens is 2. The van der Waals surface area contributed by atoms with Gasteiger partial charge in [0.2, 0.25) is 5.88 Å². The Morgan fingerprint density at radius 3 is 2.87 bits per heavy atom. The lowest BCUT2D eigenvalue weighted by molar-refractivity contribution is 0.454. The summed E-state index contributed by atoms with van der Waals surface area (Å²) in [6.45, 7) is 1.86. The predicted molar refractivity (Wildman–Crippen MR) is 112 cm³/mol. The quantitative estimate of drug-likeness (QED) is 0.388. The summed E-state index contributed by atoms with van der Waals surface area (Å²) in [6.07, 6.45) is 5.21. The van der Waals surface area contributed by atoms with E-state index in [2.05, 4.69) is 25.4 Å². The van der Waals surface area contributed by atoms with Crippen molar-refractivity contribution in [3.8, 4) is 5.88 Å². The lowest BCUT2D eigenvalue weighted by atomic mass is 10.1. The van der Waals surface area contributed by atoms with Crippen LogP contribution in [-0.4, -0.2) is 35.7 Å². The van der Waals surface area contributed by atoms with Gasteiger partial charge in [0.15, 0.2) is 11.1 Å². The van der Waals surface area contributed by atoms with Crippen LogP contribution in [0.15, 0.2) is 46.3 Å². The zero-order valence-electron chi connectivity index (χ0n) is 16.6. The zero-order chi connectivity index (χ0) is 21.5. The van der Waals surface area contributed by atoms with E-state index >= 15 is 0 Å². The van der Waals surface area contributed by atoms with E-state index in [1.807, 2.05) is 6.92 Å². The van der Waals surface area contributed by atoms with Gasteiger partial charge < -0.3 is 15.4 Å². The summed E-state index contributed by atoms with van der Waals surface area (Å²) in [5, 5.41) is 18.1. The highest BCUT2D eigenvalue weighted by atomic mass is 19.1. The van der Waals surface area contributed by atoms with Crippen molar-refractivity contribution in [1.82, 2.24) is 24.6 Å².